The Labute approximate surface area is 196 Å². The van der Waals surface area contributed by atoms with Crippen LogP contribution in [0.1, 0.15) is 129 Å². The summed E-state index contributed by atoms with van der Waals surface area (Å²) in [7, 11) is 3.48. The van der Waals surface area contributed by atoms with E-state index in [9.17, 15) is 0 Å². The number of methoxy groups -OCH3 is 2. The molecule has 4 heteroatoms. The predicted octanol–water partition coefficient (Wildman–Crippen LogP) is 3.56. The Bertz CT molecular complexity index is 301. The van der Waals surface area contributed by atoms with Gasteiger partial charge in [-0.15, -0.1) is 0 Å². The zero-order chi connectivity index (χ0) is 21.4. The number of halogens is 1. The predicted molar refractivity (Wildman–Crippen MR) is 128 cm³/mol. The van der Waals surface area contributed by atoms with E-state index in [0.717, 1.165) is 6.42 Å². The van der Waals surface area contributed by atoms with Gasteiger partial charge in [0.2, 0.25) is 0 Å². The van der Waals surface area contributed by atoms with Crippen molar-refractivity contribution in [1.29, 1.82) is 0 Å². The molecule has 0 fully saturated rings. The first kappa shape index (κ1) is 32.4. The standard InChI is InChI=1S/C26H55NO2.ClH/c1-5-7-8-9-10-11-12-13-14-15-16-17-18-19-20-21-24-27(23-6-2)25-22-26(28-3)29-4;/h26H,5-25H2,1-4H3;1H. The van der Waals surface area contributed by atoms with Crippen LogP contribution in [0.4, 0.5) is 0 Å². The summed E-state index contributed by atoms with van der Waals surface area (Å²) in [4.78, 5) is 1.72. The summed E-state index contributed by atoms with van der Waals surface area (Å²) in [5.41, 5.74) is 0. The van der Waals surface area contributed by atoms with Gasteiger partial charge in [-0.2, -0.15) is 0 Å². The Balaban J connectivity index is 0. The number of hydrogen-bond donors (Lipinski definition) is 1. The van der Waals surface area contributed by atoms with Gasteiger partial charge in [-0.3, -0.25) is 0 Å². The minimum absolute atomic E-state index is 0. The van der Waals surface area contributed by atoms with Crippen LogP contribution in [0.3, 0.4) is 0 Å². The van der Waals surface area contributed by atoms with Gasteiger partial charge in [-0.25, -0.2) is 0 Å². The second-order valence-electron chi connectivity index (χ2n) is 8.99. The molecule has 0 saturated heterocycles. The zero-order valence-electron chi connectivity index (χ0n) is 21.1. The highest BCUT2D eigenvalue weighted by atomic mass is 35.5. The van der Waals surface area contributed by atoms with Gasteiger partial charge in [0.25, 0.3) is 0 Å². The molecule has 0 aliphatic heterocycles. The van der Waals surface area contributed by atoms with Gasteiger partial charge in [0.1, 0.15) is 0 Å². The van der Waals surface area contributed by atoms with Crippen LogP contribution in [0.5, 0.6) is 0 Å². The third-order valence-corrected chi connectivity index (χ3v) is 6.25. The van der Waals surface area contributed by atoms with Crippen LogP contribution in [-0.2, 0) is 9.47 Å². The van der Waals surface area contributed by atoms with Gasteiger partial charge in [0, 0.05) is 20.6 Å². The topological polar surface area (TPSA) is 22.9 Å². The van der Waals surface area contributed by atoms with Crippen LogP contribution in [0, 0.1) is 0 Å². The van der Waals surface area contributed by atoms with Crippen LogP contribution >= 0.6 is 0 Å². The van der Waals surface area contributed by atoms with Crippen molar-refractivity contribution in [2.75, 3.05) is 33.9 Å². The molecule has 0 aromatic heterocycles. The monoisotopic (exact) mass is 449 g/mol. The molecule has 1 atom stereocenters. The minimum atomic E-state index is -0.0346. The summed E-state index contributed by atoms with van der Waals surface area (Å²) in [6.45, 7) is 8.34. The average Bonchev–Trinajstić information content (AvgIpc) is 2.74. The summed E-state index contributed by atoms with van der Waals surface area (Å²) in [6, 6.07) is 0. The van der Waals surface area contributed by atoms with E-state index in [1.807, 2.05) is 0 Å². The normalized spacial score (nSPS) is 12.3. The molecule has 184 valence electrons. The van der Waals surface area contributed by atoms with E-state index in [-0.39, 0.29) is 18.7 Å². The van der Waals surface area contributed by atoms with E-state index < -0.39 is 0 Å². The molecule has 1 unspecified atom stereocenters. The van der Waals surface area contributed by atoms with Crippen molar-refractivity contribution in [3.63, 3.8) is 0 Å². The fraction of sp³-hybridized carbons (Fsp3) is 1.00. The summed E-state index contributed by atoms with van der Waals surface area (Å²) in [6.07, 6.45) is 25.3. The van der Waals surface area contributed by atoms with Crippen LogP contribution in [0.25, 0.3) is 0 Å². The van der Waals surface area contributed by atoms with E-state index in [4.69, 9.17) is 9.47 Å². The van der Waals surface area contributed by atoms with Crippen molar-refractivity contribution in [3.8, 4) is 0 Å². The van der Waals surface area contributed by atoms with Crippen molar-refractivity contribution >= 4 is 0 Å². The molecule has 30 heavy (non-hydrogen) atoms. The number of hydrogen-bond acceptors (Lipinski definition) is 2. The second-order valence-corrected chi connectivity index (χ2v) is 8.99. The molecule has 0 aliphatic rings. The number of quaternary nitrogens is 1. The van der Waals surface area contributed by atoms with Gasteiger partial charge in [0.05, 0.1) is 19.6 Å². The highest BCUT2D eigenvalue weighted by Crippen LogP contribution is 2.13. The van der Waals surface area contributed by atoms with Gasteiger partial charge < -0.3 is 26.8 Å². The smallest absolute Gasteiger partial charge is 0.162 e. The zero-order valence-corrected chi connectivity index (χ0v) is 21.9. The Kier molecular flexibility index (Phi) is 29.3. The summed E-state index contributed by atoms with van der Waals surface area (Å²) < 4.78 is 10.7. The first-order valence-corrected chi connectivity index (χ1v) is 13.2. The number of nitrogens with one attached hydrogen (secondary N) is 1. The van der Waals surface area contributed by atoms with Gasteiger partial charge in [-0.1, -0.05) is 104 Å². The molecule has 0 radical (unpaired) electrons. The first-order valence-electron chi connectivity index (χ1n) is 13.2. The molecule has 0 aromatic rings. The lowest BCUT2D eigenvalue weighted by Crippen LogP contribution is -3.12. The molecular formula is C26H56ClNO2. The summed E-state index contributed by atoms with van der Waals surface area (Å²) in [5, 5.41) is 0. The van der Waals surface area contributed by atoms with E-state index in [0.29, 0.717) is 0 Å². The highest BCUT2D eigenvalue weighted by Gasteiger charge is 2.12. The van der Waals surface area contributed by atoms with Gasteiger partial charge >= 0.3 is 0 Å². The maximum Gasteiger partial charge on any atom is 0.162 e. The maximum absolute atomic E-state index is 5.33. The van der Waals surface area contributed by atoms with Crippen LogP contribution in [0.15, 0.2) is 0 Å². The molecule has 0 amide bonds. The molecule has 0 spiro atoms. The fourth-order valence-electron chi connectivity index (χ4n) is 4.31. The summed E-state index contributed by atoms with van der Waals surface area (Å²) in [5.74, 6) is 0. The van der Waals surface area contributed by atoms with E-state index in [1.165, 1.54) is 129 Å². The van der Waals surface area contributed by atoms with Crippen LogP contribution < -0.4 is 17.3 Å². The van der Waals surface area contributed by atoms with Crippen molar-refractivity contribution in [2.45, 2.75) is 136 Å². The van der Waals surface area contributed by atoms with E-state index in [2.05, 4.69) is 13.8 Å². The quantitative estimate of drug-likeness (QED) is 0.180. The lowest BCUT2D eigenvalue weighted by Gasteiger charge is -2.21. The van der Waals surface area contributed by atoms with Crippen molar-refractivity contribution in [2.24, 2.45) is 0 Å². The third kappa shape index (κ3) is 22.8. The minimum Gasteiger partial charge on any atom is -1.00 e. The Morgan fingerprint density at radius 1 is 0.500 bits per heavy atom. The molecule has 3 nitrogen and oxygen atoms in total. The lowest BCUT2D eigenvalue weighted by atomic mass is 10.0. The molecule has 0 aliphatic carbocycles. The number of unbranched alkanes of at least 4 members (excludes halogenated alkanes) is 15. The summed E-state index contributed by atoms with van der Waals surface area (Å²) >= 11 is 0. The molecule has 0 rings (SSSR count). The molecular weight excluding hydrogens is 394 g/mol. The third-order valence-electron chi connectivity index (χ3n) is 6.25. The highest BCUT2D eigenvalue weighted by molar-refractivity contribution is 4.50. The number of ether oxygens (including phenoxy) is 2. The number of rotatable bonds is 24. The second kappa shape index (κ2) is 27.2. The van der Waals surface area contributed by atoms with Crippen LogP contribution in [-0.4, -0.2) is 40.1 Å². The lowest BCUT2D eigenvalue weighted by molar-refractivity contribution is -0.901. The molecule has 0 saturated carbocycles. The van der Waals surface area contributed by atoms with Gasteiger partial charge in [-0.05, 0) is 19.3 Å². The van der Waals surface area contributed by atoms with Gasteiger partial charge in [0.15, 0.2) is 6.29 Å². The van der Waals surface area contributed by atoms with Crippen molar-refractivity contribution < 1.29 is 26.8 Å². The van der Waals surface area contributed by atoms with E-state index in [1.54, 1.807) is 19.1 Å². The molecule has 0 aromatic carbocycles. The Morgan fingerprint density at radius 2 is 0.900 bits per heavy atom. The SMILES string of the molecule is CCCCCCCCCCCCCCCCCC[NH+](CCC)CCC(OC)OC.[Cl-]. The Hall–Kier alpha value is 0.170. The van der Waals surface area contributed by atoms with Crippen LogP contribution in [0.2, 0.25) is 0 Å². The maximum atomic E-state index is 5.33. The van der Waals surface area contributed by atoms with Crippen molar-refractivity contribution in [3.05, 3.63) is 0 Å². The average molecular weight is 450 g/mol. The fourth-order valence-corrected chi connectivity index (χ4v) is 4.31. The molecule has 0 heterocycles. The molecule has 1 N–H and O–H groups in total. The molecule has 0 bridgehead atoms. The first-order chi connectivity index (χ1) is 14.3. The Morgan fingerprint density at radius 3 is 1.27 bits per heavy atom. The van der Waals surface area contributed by atoms with Crippen molar-refractivity contribution in [1.82, 2.24) is 0 Å². The largest absolute Gasteiger partial charge is 1.00 e. The van der Waals surface area contributed by atoms with E-state index >= 15 is 0 Å².